The van der Waals surface area contributed by atoms with Gasteiger partial charge in [0.2, 0.25) is 0 Å². The summed E-state index contributed by atoms with van der Waals surface area (Å²) in [6.07, 6.45) is 0. The highest BCUT2D eigenvalue weighted by Crippen LogP contribution is 2.31. The Kier molecular flexibility index (Phi) is 4.93. The van der Waals surface area contributed by atoms with Crippen molar-refractivity contribution in [1.29, 1.82) is 0 Å². The van der Waals surface area contributed by atoms with Gasteiger partial charge in [0.05, 0.1) is 27.9 Å². The molecular formula is C18H20IN3O2. The van der Waals surface area contributed by atoms with Gasteiger partial charge in [-0.2, -0.15) is 5.10 Å². The molecule has 0 saturated heterocycles. The highest BCUT2D eigenvalue weighted by Gasteiger charge is 2.24. The summed E-state index contributed by atoms with van der Waals surface area (Å²) >= 11 is 2.20. The maximum absolute atomic E-state index is 12.2. The molecule has 1 aromatic carbocycles. The average Bonchev–Trinajstić information content (AvgIpc) is 3.07. The van der Waals surface area contributed by atoms with Gasteiger partial charge in [0.25, 0.3) is 0 Å². The lowest BCUT2D eigenvalue weighted by Gasteiger charge is -2.05. The third-order valence-corrected chi connectivity index (χ3v) is 4.91. The number of carbonyl (C=O) groups excluding carboxylic acids is 1. The largest absolute Gasteiger partial charge is 0.461 e. The molecule has 2 heterocycles. The van der Waals surface area contributed by atoms with E-state index in [1.165, 1.54) is 5.56 Å². The molecular weight excluding hydrogens is 417 g/mol. The second kappa shape index (κ2) is 6.96. The Labute approximate surface area is 154 Å². The predicted octanol–water partition coefficient (Wildman–Crippen LogP) is 4.32. The molecule has 0 atom stereocenters. The summed E-state index contributed by atoms with van der Waals surface area (Å²) in [4.78, 5) is 15.4. The number of aromatic amines is 1. The highest BCUT2D eigenvalue weighted by molar-refractivity contribution is 14.1. The number of H-pyrrole nitrogens is 1. The minimum absolute atomic E-state index is 0.258. The van der Waals surface area contributed by atoms with Crippen molar-refractivity contribution in [2.75, 3.05) is 6.61 Å². The zero-order valence-corrected chi connectivity index (χ0v) is 16.1. The number of benzene rings is 1. The van der Waals surface area contributed by atoms with Gasteiger partial charge in [-0.15, -0.1) is 0 Å². The van der Waals surface area contributed by atoms with E-state index in [9.17, 15) is 4.79 Å². The second-order valence-corrected chi connectivity index (χ2v) is 7.02. The monoisotopic (exact) mass is 437 g/mol. The van der Waals surface area contributed by atoms with E-state index in [-0.39, 0.29) is 11.9 Å². The molecule has 3 rings (SSSR count). The number of fused-ring (bicyclic) bond motifs is 1. The summed E-state index contributed by atoms with van der Waals surface area (Å²) in [5.41, 5.74) is 4.54. The van der Waals surface area contributed by atoms with E-state index in [2.05, 4.69) is 53.6 Å². The van der Waals surface area contributed by atoms with Crippen molar-refractivity contribution in [3.05, 3.63) is 50.9 Å². The van der Waals surface area contributed by atoms with Gasteiger partial charge in [-0.25, -0.2) is 4.79 Å². The van der Waals surface area contributed by atoms with Gasteiger partial charge in [-0.1, -0.05) is 44.2 Å². The standard InChI is InChI=1S/C18H20IN3O2/c1-4-24-18(23)15-13(19)17-16(20-15)14(11(2)3)21-22(17)10-12-8-6-5-7-9-12/h5-9,11,20H,4,10H2,1-3H3. The Hall–Kier alpha value is -1.83. The van der Waals surface area contributed by atoms with Crippen LogP contribution in [0.1, 0.15) is 48.4 Å². The van der Waals surface area contributed by atoms with Crippen molar-refractivity contribution in [2.45, 2.75) is 33.2 Å². The molecule has 126 valence electrons. The Morgan fingerprint density at radius 2 is 2.04 bits per heavy atom. The number of aromatic nitrogens is 3. The van der Waals surface area contributed by atoms with E-state index in [1.807, 2.05) is 29.8 Å². The van der Waals surface area contributed by atoms with Gasteiger partial charge in [-0.05, 0) is 41.0 Å². The normalized spacial score (nSPS) is 11.4. The number of nitrogens with one attached hydrogen (secondary N) is 1. The second-order valence-electron chi connectivity index (χ2n) is 5.94. The lowest BCUT2D eigenvalue weighted by Crippen LogP contribution is -2.08. The molecule has 6 heteroatoms. The molecule has 0 saturated carbocycles. The highest BCUT2D eigenvalue weighted by atomic mass is 127. The first-order valence-corrected chi connectivity index (χ1v) is 9.09. The summed E-state index contributed by atoms with van der Waals surface area (Å²) in [5.74, 6) is -0.0620. The molecule has 0 aliphatic heterocycles. The maximum Gasteiger partial charge on any atom is 0.355 e. The number of hydrogen-bond acceptors (Lipinski definition) is 3. The molecule has 0 fully saturated rings. The average molecular weight is 437 g/mol. The predicted molar refractivity (Wildman–Crippen MR) is 102 cm³/mol. The maximum atomic E-state index is 12.2. The Morgan fingerprint density at radius 3 is 2.67 bits per heavy atom. The van der Waals surface area contributed by atoms with Gasteiger partial charge in [0, 0.05) is 0 Å². The fourth-order valence-corrected chi connectivity index (χ4v) is 3.65. The van der Waals surface area contributed by atoms with Crippen LogP contribution in [-0.4, -0.2) is 27.3 Å². The van der Waals surface area contributed by atoms with Crippen LogP contribution in [0, 0.1) is 3.57 Å². The fourth-order valence-electron chi connectivity index (χ4n) is 2.74. The number of nitrogens with zero attached hydrogens (tertiary/aromatic N) is 2. The molecule has 0 aliphatic carbocycles. The summed E-state index contributed by atoms with van der Waals surface area (Å²) in [5, 5.41) is 4.78. The van der Waals surface area contributed by atoms with E-state index >= 15 is 0 Å². The smallest absolute Gasteiger partial charge is 0.355 e. The first-order chi connectivity index (χ1) is 11.5. The van der Waals surface area contributed by atoms with Crippen LogP contribution in [0.5, 0.6) is 0 Å². The van der Waals surface area contributed by atoms with Crippen LogP contribution < -0.4 is 0 Å². The molecule has 1 N–H and O–H groups in total. The first kappa shape index (κ1) is 17.0. The first-order valence-electron chi connectivity index (χ1n) is 8.01. The Balaban J connectivity index is 2.13. The minimum Gasteiger partial charge on any atom is -0.461 e. The topological polar surface area (TPSA) is 59.9 Å². The van der Waals surface area contributed by atoms with Crippen molar-refractivity contribution < 1.29 is 9.53 Å². The quantitative estimate of drug-likeness (QED) is 0.478. The molecule has 3 aromatic rings. The van der Waals surface area contributed by atoms with Gasteiger partial charge >= 0.3 is 5.97 Å². The Bertz CT molecular complexity index is 865. The van der Waals surface area contributed by atoms with E-state index in [0.717, 1.165) is 20.3 Å². The molecule has 24 heavy (non-hydrogen) atoms. The molecule has 0 aliphatic rings. The zero-order valence-electron chi connectivity index (χ0n) is 14.0. The van der Waals surface area contributed by atoms with E-state index in [0.29, 0.717) is 18.8 Å². The molecule has 2 aromatic heterocycles. The van der Waals surface area contributed by atoms with Crippen LogP contribution in [0.25, 0.3) is 11.0 Å². The summed E-state index contributed by atoms with van der Waals surface area (Å²) in [7, 11) is 0. The SMILES string of the molecule is CCOC(=O)c1[nH]c2c(C(C)C)nn(Cc3ccccc3)c2c1I. The van der Waals surface area contributed by atoms with Crippen LogP contribution in [0.4, 0.5) is 0 Å². The molecule has 0 bridgehead atoms. The third kappa shape index (κ3) is 3.07. The van der Waals surface area contributed by atoms with Crippen LogP contribution in [-0.2, 0) is 11.3 Å². The number of hydrogen-bond donors (Lipinski definition) is 1. The van der Waals surface area contributed by atoms with Gasteiger partial charge in [0.15, 0.2) is 0 Å². The fraction of sp³-hybridized carbons (Fsp3) is 0.333. The number of carbonyl (C=O) groups is 1. The van der Waals surface area contributed by atoms with Crippen LogP contribution in [0.2, 0.25) is 0 Å². The van der Waals surface area contributed by atoms with E-state index in [4.69, 9.17) is 9.84 Å². The number of halogens is 1. The molecule has 0 radical (unpaired) electrons. The van der Waals surface area contributed by atoms with Crippen LogP contribution in [0.15, 0.2) is 30.3 Å². The van der Waals surface area contributed by atoms with Crippen molar-refractivity contribution >= 4 is 39.6 Å². The lowest BCUT2D eigenvalue weighted by molar-refractivity contribution is 0.0519. The summed E-state index contributed by atoms with van der Waals surface area (Å²) in [6.45, 7) is 7.04. The number of rotatable bonds is 5. The van der Waals surface area contributed by atoms with Crippen molar-refractivity contribution in [3.63, 3.8) is 0 Å². The summed E-state index contributed by atoms with van der Waals surface area (Å²) in [6, 6.07) is 10.2. The van der Waals surface area contributed by atoms with Gasteiger partial charge in [-0.3, -0.25) is 4.68 Å². The summed E-state index contributed by atoms with van der Waals surface area (Å²) < 4.78 is 7.99. The van der Waals surface area contributed by atoms with Crippen LogP contribution in [0.3, 0.4) is 0 Å². The van der Waals surface area contributed by atoms with Gasteiger partial charge < -0.3 is 9.72 Å². The lowest BCUT2D eigenvalue weighted by atomic mass is 10.1. The van der Waals surface area contributed by atoms with Crippen molar-refractivity contribution in [2.24, 2.45) is 0 Å². The van der Waals surface area contributed by atoms with Crippen molar-refractivity contribution in [3.8, 4) is 0 Å². The minimum atomic E-state index is -0.320. The molecule has 0 spiro atoms. The Morgan fingerprint density at radius 1 is 1.33 bits per heavy atom. The van der Waals surface area contributed by atoms with Crippen LogP contribution >= 0.6 is 22.6 Å². The van der Waals surface area contributed by atoms with Gasteiger partial charge in [0.1, 0.15) is 11.2 Å². The molecule has 0 amide bonds. The zero-order chi connectivity index (χ0) is 17.3. The van der Waals surface area contributed by atoms with Crippen molar-refractivity contribution in [1.82, 2.24) is 14.8 Å². The molecule has 5 nitrogen and oxygen atoms in total. The number of esters is 1. The van der Waals surface area contributed by atoms with E-state index in [1.54, 1.807) is 0 Å². The third-order valence-electron chi connectivity index (χ3n) is 3.86. The molecule has 0 unspecified atom stereocenters. The number of ether oxygens (including phenoxy) is 1. The van der Waals surface area contributed by atoms with E-state index < -0.39 is 0 Å².